The van der Waals surface area contributed by atoms with Crippen LogP contribution in [-0.4, -0.2) is 37.6 Å². The van der Waals surface area contributed by atoms with Crippen LogP contribution >= 0.6 is 15.9 Å². The topological polar surface area (TPSA) is 55.6 Å². The third kappa shape index (κ3) is 4.84. The van der Waals surface area contributed by atoms with Crippen molar-refractivity contribution in [3.8, 4) is 0 Å². The molecule has 1 amide bonds. The zero-order valence-corrected chi connectivity index (χ0v) is 13.2. The molecule has 0 bridgehead atoms. The Hall–Kier alpha value is -1.07. The van der Waals surface area contributed by atoms with Crippen LogP contribution in [-0.2, 0) is 4.74 Å². The summed E-state index contributed by atoms with van der Waals surface area (Å²) in [6.07, 6.45) is 0. The van der Waals surface area contributed by atoms with Crippen molar-refractivity contribution in [2.24, 2.45) is 5.92 Å². The molecule has 0 aliphatic heterocycles. The Bertz CT molecular complexity index is 435. The summed E-state index contributed by atoms with van der Waals surface area (Å²) in [5.41, 5.74) is 6.93. The molecular formula is C14H21BrN2O2. The molecule has 2 N–H and O–H groups in total. The molecule has 106 valence electrons. The van der Waals surface area contributed by atoms with Gasteiger partial charge < -0.3 is 15.4 Å². The van der Waals surface area contributed by atoms with Gasteiger partial charge in [-0.1, -0.05) is 13.8 Å². The Morgan fingerprint density at radius 1 is 1.47 bits per heavy atom. The summed E-state index contributed by atoms with van der Waals surface area (Å²) in [7, 11) is 1.63. The van der Waals surface area contributed by atoms with E-state index in [1.54, 1.807) is 30.2 Å². The second-order valence-electron chi connectivity index (χ2n) is 4.88. The Kier molecular flexibility index (Phi) is 6.31. The molecule has 0 spiro atoms. The fourth-order valence-corrected chi connectivity index (χ4v) is 2.21. The summed E-state index contributed by atoms with van der Waals surface area (Å²) in [4.78, 5) is 14.3. The number of halogens is 1. The first-order valence-electron chi connectivity index (χ1n) is 6.29. The zero-order chi connectivity index (χ0) is 14.4. The van der Waals surface area contributed by atoms with Crippen LogP contribution in [0.3, 0.4) is 0 Å². The maximum atomic E-state index is 12.5. The number of carbonyl (C=O) groups is 1. The molecule has 5 heteroatoms. The molecule has 0 saturated heterocycles. The lowest BCUT2D eigenvalue weighted by Gasteiger charge is -2.25. The van der Waals surface area contributed by atoms with E-state index in [9.17, 15) is 4.79 Å². The standard InChI is InChI=1S/C14H21BrN2O2/c1-10(2)9-17(6-7-19-3)14(18)12-8-11(16)4-5-13(12)15/h4-5,8,10H,6-7,9,16H2,1-3H3. The van der Waals surface area contributed by atoms with Crippen LogP contribution < -0.4 is 5.73 Å². The van der Waals surface area contributed by atoms with Crippen molar-refractivity contribution >= 4 is 27.5 Å². The zero-order valence-electron chi connectivity index (χ0n) is 11.6. The van der Waals surface area contributed by atoms with E-state index in [4.69, 9.17) is 10.5 Å². The predicted octanol–water partition coefficient (Wildman–Crippen LogP) is 2.78. The number of amides is 1. The number of nitrogen functional groups attached to an aromatic ring is 1. The largest absolute Gasteiger partial charge is 0.399 e. The number of hydrogen-bond acceptors (Lipinski definition) is 3. The van der Waals surface area contributed by atoms with E-state index in [0.29, 0.717) is 36.9 Å². The number of hydrogen-bond donors (Lipinski definition) is 1. The minimum Gasteiger partial charge on any atom is -0.399 e. The SMILES string of the molecule is COCCN(CC(C)C)C(=O)c1cc(N)ccc1Br. The lowest BCUT2D eigenvalue weighted by molar-refractivity contribution is 0.0671. The summed E-state index contributed by atoms with van der Waals surface area (Å²) < 4.78 is 5.83. The fourth-order valence-electron chi connectivity index (χ4n) is 1.80. The van der Waals surface area contributed by atoms with E-state index >= 15 is 0 Å². The summed E-state index contributed by atoms with van der Waals surface area (Å²) >= 11 is 3.40. The summed E-state index contributed by atoms with van der Waals surface area (Å²) in [6, 6.07) is 5.27. The van der Waals surface area contributed by atoms with E-state index in [0.717, 1.165) is 4.47 Å². The van der Waals surface area contributed by atoms with Crippen molar-refractivity contribution in [2.45, 2.75) is 13.8 Å². The monoisotopic (exact) mass is 328 g/mol. The van der Waals surface area contributed by atoms with E-state index in [-0.39, 0.29) is 5.91 Å². The first-order valence-corrected chi connectivity index (χ1v) is 7.08. The Morgan fingerprint density at radius 3 is 2.74 bits per heavy atom. The smallest absolute Gasteiger partial charge is 0.255 e. The van der Waals surface area contributed by atoms with Crippen molar-refractivity contribution in [3.05, 3.63) is 28.2 Å². The number of benzene rings is 1. The van der Waals surface area contributed by atoms with E-state index in [1.165, 1.54) is 0 Å². The average Bonchev–Trinajstić information content (AvgIpc) is 2.36. The van der Waals surface area contributed by atoms with Gasteiger partial charge in [-0.3, -0.25) is 4.79 Å². The maximum Gasteiger partial charge on any atom is 0.255 e. The molecule has 0 unspecified atom stereocenters. The highest BCUT2D eigenvalue weighted by Gasteiger charge is 2.19. The van der Waals surface area contributed by atoms with Crippen molar-refractivity contribution in [2.75, 3.05) is 32.5 Å². The minimum atomic E-state index is -0.0232. The number of carbonyl (C=O) groups excluding carboxylic acids is 1. The summed E-state index contributed by atoms with van der Waals surface area (Å²) in [5, 5.41) is 0. The second kappa shape index (κ2) is 7.50. The van der Waals surface area contributed by atoms with Crippen LogP contribution in [0.4, 0.5) is 5.69 Å². The van der Waals surface area contributed by atoms with E-state index in [2.05, 4.69) is 29.8 Å². The average molecular weight is 329 g/mol. The van der Waals surface area contributed by atoms with Gasteiger partial charge in [-0.2, -0.15) is 0 Å². The number of methoxy groups -OCH3 is 1. The van der Waals surface area contributed by atoms with Crippen molar-refractivity contribution in [1.82, 2.24) is 4.90 Å². The van der Waals surface area contributed by atoms with Crippen LogP contribution in [0.15, 0.2) is 22.7 Å². The molecule has 4 nitrogen and oxygen atoms in total. The third-order valence-electron chi connectivity index (χ3n) is 2.66. The van der Waals surface area contributed by atoms with Gasteiger partial charge >= 0.3 is 0 Å². The first kappa shape index (κ1) is 16.0. The van der Waals surface area contributed by atoms with Crippen molar-refractivity contribution in [3.63, 3.8) is 0 Å². The third-order valence-corrected chi connectivity index (χ3v) is 3.35. The number of rotatable bonds is 6. The van der Waals surface area contributed by atoms with Gasteiger partial charge in [0.1, 0.15) is 0 Å². The van der Waals surface area contributed by atoms with Crippen molar-refractivity contribution in [1.29, 1.82) is 0 Å². The minimum absolute atomic E-state index is 0.0232. The lowest BCUT2D eigenvalue weighted by Crippen LogP contribution is -2.37. The van der Waals surface area contributed by atoms with Gasteiger partial charge in [-0.25, -0.2) is 0 Å². The molecular weight excluding hydrogens is 308 g/mol. The number of ether oxygens (including phenoxy) is 1. The summed E-state index contributed by atoms with van der Waals surface area (Å²) in [6.45, 7) is 5.97. The van der Waals surface area contributed by atoms with Crippen LogP contribution in [0.2, 0.25) is 0 Å². The predicted molar refractivity (Wildman–Crippen MR) is 81.2 cm³/mol. The summed E-state index contributed by atoms with van der Waals surface area (Å²) in [5.74, 6) is 0.380. The lowest BCUT2D eigenvalue weighted by atomic mass is 10.1. The molecule has 0 atom stereocenters. The molecule has 1 aromatic rings. The Labute approximate surface area is 123 Å². The van der Waals surface area contributed by atoms with Gasteiger partial charge in [0.05, 0.1) is 12.2 Å². The molecule has 19 heavy (non-hydrogen) atoms. The second-order valence-corrected chi connectivity index (χ2v) is 5.73. The molecule has 0 saturated carbocycles. The highest BCUT2D eigenvalue weighted by Crippen LogP contribution is 2.21. The Balaban J connectivity index is 2.93. The first-order chi connectivity index (χ1) is 8.95. The van der Waals surface area contributed by atoms with E-state index in [1.807, 2.05) is 0 Å². The molecule has 0 radical (unpaired) electrons. The molecule has 0 fully saturated rings. The molecule has 0 aromatic heterocycles. The maximum absolute atomic E-state index is 12.5. The van der Waals surface area contributed by atoms with Gasteiger partial charge in [0.15, 0.2) is 0 Å². The molecule has 0 aliphatic rings. The number of nitrogens with zero attached hydrogens (tertiary/aromatic N) is 1. The van der Waals surface area contributed by atoms with Crippen LogP contribution in [0.5, 0.6) is 0 Å². The Morgan fingerprint density at radius 2 is 2.16 bits per heavy atom. The van der Waals surface area contributed by atoms with E-state index < -0.39 is 0 Å². The van der Waals surface area contributed by atoms with Gasteiger partial charge in [-0.05, 0) is 40.0 Å². The quantitative estimate of drug-likeness (QED) is 0.817. The highest BCUT2D eigenvalue weighted by atomic mass is 79.9. The van der Waals surface area contributed by atoms with Crippen LogP contribution in [0, 0.1) is 5.92 Å². The van der Waals surface area contributed by atoms with Gasteiger partial charge in [0, 0.05) is 30.4 Å². The van der Waals surface area contributed by atoms with Gasteiger partial charge in [-0.15, -0.1) is 0 Å². The van der Waals surface area contributed by atoms with Gasteiger partial charge in [0.25, 0.3) is 5.91 Å². The molecule has 1 rings (SSSR count). The van der Waals surface area contributed by atoms with Crippen LogP contribution in [0.1, 0.15) is 24.2 Å². The number of anilines is 1. The van der Waals surface area contributed by atoms with Crippen LogP contribution in [0.25, 0.3) is 0 Å². The number of nitrogens with two attached hydrogens (primary N) is 1. The normalized spacial score (nSPS) is 10.8. The fraction of sp³-hybridized carbons (Fsp3) is 0.500. The van der Waals surface area contributed by atoms with Gasteiger partial charge in [0.2, 0.25) is 0 Å². The molecule has 0 heterocycles. The molecule has 1 aromatic carbocycles. The van der Waals surface area contributed by atoms with Crippen molar-refractivity contribution < 1.29 is 9.53 Å². The highest BCUT2D eigenvalue weighted by molar-refractivity contribution is 9.10. The molecule has 0 aliphatic carbocycles.